The molecular weight excluding hydrogens is 328 g/mol. The zero-order chi connectivity index (χ0) is 18.1. The van der Waals surface area contributed by atoms with E-state index in [-0.39, 0.29) is 5.91 Å². The number of aryl methyl sites for hydroxylation is 1. The van der Waals surface area contributed by atoms with Crippen LogP contribution in [0.3, 0.4) is 0 Å². The van der Waals surface area contributed by atoms with Crippen molar-refractivity contribution in [1.29, 1.82) is 0 Å². The smallest absolute Gasteiger partial charge is 0.254 e. The SMILES string of the molecule is COc1cccc(C(=O)N2CCN(Cc3cnn(C)c3C3CC3)CC2)c1. The highest BCUT2D eigenvalue weighted by Crippen LogP contribution is 2.41. The first-order chi connectivity index (χ1) is 12.7. The third-order valence-electron chi connectivity index (χ3n) is 5.40. The van der Waals surface area contributed by atoms with E-state index in [0.717, 1.165) is 38.5 Å². The summed E-state index contributed by atoms with van der Waals surface area (Å²) in [4.78, 5) is 17.1. The van der Waals surface area contributed by atoms with Gasteiger partial charge in [0.15, 0.2) is 0 Å². The van der Waals surface area contributed by atoms with Crippen molar-refractivity contribution in [1.82, 2.24) is 19.6 Å². The molecule has 1 aliphatic carbocycles. The maximum atomic E-state index is 12.7. The summed E-state index contributed by atoms with van der Waals surface area (Å²) in [7, 11) is 3.67. The van der Waals surface area contributed by atoms with Crippen LogP contribution < -0.4 is 4.74 Å². The number of rotatable bonds is 5. The fourth-order valence-electron chi connectivity index (χ4n) is 3.79. The summed E-state index contributed by atoms with van der Waals surface area (Å²) in [5, 5.41) is 4.46. The van der Waals surface area contributed by atoms with Gasteiger partial charge in [-0.3, -0.25) is 14.4 Å². The van der Waals surface area contributed by atoms with Gasteiger partial charge in [0.2, 0.25) is 0 Å². The first kappa shape index (κ1) is 17.1. The van der Waals surface area contributed by atoms with E-state index in [1.165, 1.54) is 24.1 Å². The van der Waals surface area contributed by atoms with Gasteiger partial charge in [-0.05, 0) is 31.0 Å². The summed E-state index contributed by atoms with van der Waals surface area (Å²) in [6.45, 7) is 4.24. The molecule has 26 heavy (non-hydrogen) atoms. The second-order valence-corrected chi connectivity index (χ2v) is 7.25. The summed E-state index contributed by atoms with van der Waals surface area (Å²) in [5.74, 6) is 1.51. The Morgan fingerprint density at radius 3 is 2.69 bits per heavy atom. The standard InChI is InChI=1S/C20H26N4O2/c1-22-19(15-6-7-15)17(13-21-22)14-23-8-10-24(11-9-23)20(25)16-4-3-5-18(12-16)26-2/h3-5,12-13,15H,6-11,14H2,1-2H3. The third-order valence-corrected chi connectivity index (χ3v) is 5.40. The Balaban J connectivity index is 1.36. The highest BCUT2D eigenvalue weighted by atomic mass is 16.5. The van der Waals surface area contributed by atoms with Crippen LogP contribution in [-0.4, -0.2) is 58.8 Å². The van der Waals surface area contributed by atoms with Crippen LogP contribution in [0.15, 0.2) is 30.5 Å². The second-order valence-electron chi connectivity index (χ2n) is 7.25. The summed E-state index contributed by atoms with van der Waals surface area (Å²) < 4.78 is 7.26. The highest BCUT2D eigenvalue weighted by Gasteiger charge is 2.30. The number of nitrogens with zero attached hydrogens (tertiary/aromatic N) is 4. The lowest BCUT2D eigenvalue weighted by molar-refractivity contribution is 0.0628. The first-order valence-corrected chi connectivity index (χ1v) is 9.32. The van der Waals surface area contributed by atoms with E-state index in [2.05, 4.69) is 10.00 Å². The molecule has 0 unspecified atom stereocenters. The number of piperazine rings is 1. The van der Waals surface area contributed by atoms with Gasteiger partial charge in [-0.25, -0.2) is 0 Å². The average molecular weight is 354 g/mol. The Labute approximate surface area is 154 Å². The van der Waals surface area contributed by atoms with Crippen molar-refractivity contribution in [2.24, 2.45) is 7.05 Å². The molecule has 1 aliphatic heterocycles. The molecule has 1 aromatic carbocycles. The van der Waals surface area contributed by atoms with Crippen molar-refractivity contribution in [2.45, 2.75) is 25.3 Å². The molecule has 6 nitrogen and oxygen atoms in total. The normalized spacial score (nSPS) is 18.2. The Morgan fingerprint density at radius 2 is 2.00 bits per heavy atom. The lowest BCUT2D eigenvalue weighted by Crippen LogP contribution is -2.48. The van der Waals surface area contributed by atoms with Crippen molar-refractivity contribution in [3.05, 3.63) is 47.3 Å². The van der Waals surface area contributed by atoms with Crippen LogP contribution in [0.25, 0.3) is 0 Å². The van der Waals surface area contributed by atoms with Crippen LogP contribution in [0, 0.1) is 0 Å². The molecule has 0 radical (unpaired) electrons. The van der Waals surface area contributed by atoms with E-state index < -0.39 is 0 Å². The summed E-state index contributed by atoms with van der Waals surface area (Å²) in [5.41, 5.74) is 3.45. The number of hydrogen-bond acceptors (Lipinski definition) is 4. The molecule has 2 aromatic rings. The van der Waals surface area contributed by atoms with Gasteiger partial charge in [-0.1, -0.05) is 6.07 Å². The van der Waals surface area contributed by atoms with Gasteiger partial charge in [0, 0.05) is 62.5 Å². The van der Waals surface area contributed by atoms with Crippen molar-refractivity contribution in [3.8, 4) is 5.75 Å². The van der Waals surface area contributed by atoms with Gasteiger partial charge in [0.1, 0.15) is 5.75 Å². The zero-order valence-corrected chi connectivity index (χ0v) is 15.5. The minimum absolute atomic E-state index is 0.0867. The molecule has 6 heteroatoms. The second kappa shape index (κ2) is 7.11. The molecule has 0 N–H and O–H groups in total. The minimum Gasteiger partial charge on any atom is -0.497 e. The molecule has 1 saturated heterocycles. The molecule has 2 aliphatic rings. The molecular formula is C20H26N4O2. The van der Waals surface area contributed by atoms with Gasteiger partial charge in [0.25, 0.3) is 5.91 Å². The fourth-order valence-corrected chi connectivity index (χ4v) is 3.79. The van der Waals surface area contributed by atoms with Crippen LogP contribution in [0.1, 0.15) is 40.4 Å². The molecule has 1 aromatic heterocycles. The maximum absolute atomic E-state index is 12.7. The third kappa shape index (κ3) is 3.46. The fraction of sp³-hybridized carbons (Fsp3) is 0.500. The zero-order valence-electron chi connectivity index (χ0n) is 15.5. The number of carbonyl (C=O) groups is 1. The van der Waals surface area contributed by atoms with E-state index in [1.54, 1.807) is 7.11 Å². The Bertz CT molecular complexity index is 789. The Hall–Kier alpha value is -2.34. The van der Waals surface area contributed by atoms with Gasteiger partial charge < -0.3 is 9.64 Å². The quantitative estimate of drug-likeness (QED) is 0.826. The number of hydrogen-bond donors (Lipinski definition) is 0. The molecule has 2 heterocycles. The first-order valence-electron chi connectivity index (χ1n) is 9.32. The van der Waals surface area contributed by atoms with Gasteiger partial charge >= 0.3 is 0 Å². The summed E-state index contributed by atoms with van der Waals surface area (Å²) in [6, 6.07) is 7.39. The number of benzene rings is 1. The Kier molecular flexibility index (Phi) is 4.68. The number of methoxy groups -OCH3 is 1. The average Bonchev–Trinajstić information content (AvgIpc) is 3.45. The van der Waals surface area contributed by atoms with Crippen LogP contribution in [-0.2, 0) is 13.6 Å². The molecule has 0 bridgehead atoms. The lowest BCUT2D eigenvalue weighted by atomic mass is 10.1. The summed E-state index contributed by atoms with van der Waals surface area (Å²) >= 11 is 0. The molecule has 4 rings (SSSR count). The Morgan fingerprint density at radius 1 is 1.23 bits per heavy atom. The van der Waals surface area contributed by atoms with E-state index in [1.807, 2.05) is 47.1 Å². The highest BCUT2D eigenvalue weighted by molar-refractivity contribution is 5.94. The predicted octanol–water partition coefficient (Wildman–Crippen LogP) is 2.26. The van der Waals surface area contributed by atoms with Crippen LogP contribution >= 0.6 is 0 Å². The number of carbonyl (C=O) groups excluding carboxylic acids is 1. The summed E-state index contributed by atoms with van der Waals surface area (Å²) in [6.07, 6.45) is 4.59. The predicted molar refractivity (Wildman–Crippen MR) is 99.4 cm³/mol. The largest absolute Gasteiger partial charge is 0.497 e. The van der Waals surface area contributed by atoms with Gasteiger partial charge in [0.05, 0.1) is 13.3 Å². The van der Waals surface area contributed by atoms with Gasteiger partial charge in [-0.2, -0.15) is 5.10 Å². The maximum Gasteiger partial charge on any atom is 0.254 e. The van der Waals surface area contributed by atoms with Crippen molar-refractivity contribution in [3.63, 3.8) is 0 Å². The molecule has 0 atom stereocenters. The van der Waals surface area contributed by atoms with Crippen molar-refractivity contribution >= 4 is 5.91 Å². The number of aromatic nitrogens is 2. The molecule has 2 fully saturated rings. The van der Waals surface area contributed by atoms with Crippen LogP contribution in [0.4, 0.5) is 0 Å². The van der Waals surface area contributed by atoms with Gasteiger partial charge in [-0.15, -0.1) is 0 Å². The van der Waals surface area contributed by atoms with Crippen molar-refractivity contribution < 1.29 is 9.53 Å². The minimum atomic E-state index is 0.0867. The molecule has 1 amide bonds. The van der Waals surface area contributed by atoms with E-state index in [9.17, 15) is 4.79 Å². The molecule has 1 saturated carbocycles. The van der Waals surface area contributed by atoms with Crippen LogP contribution in [0.5, 0.6) is 5.75 Å². The molecule has 138 valence electrons. The van der Waals surface area contributed by atoms with E-state index >= 15 is 0 Å². The lowest BCUT2D eigenvalue weighted by Gasteiger charge is -2.34. The number of ether oxygens (including phenoxy) is 1. The molecule has 0 spiro atoms. The van der Waals surface area contributed by atoms with Crippen molar-refractivity contribution in [2.75, 3.05) is 33.3 Å². The monoisotopic (exact) mass is 354 g/mol. The van der Waals surface area contributed by atoms with E-state index in [0.29, 0.717) is 11.5 Å². The van der Waals surface area contributed by atoms with Crippen LogP contribution in [0.2, 0.25) is 0 Å². The topological polar surface area (TPSA) is 50.6 Å². The van der Waals surface area contributed by atoms with E-state index in [4.69, 9.17) is 4.74 Å². The number of amides is 1.